The summed E-state index contributed by atoms with van der Waals surface area (Å²) in [5, 5.41) is 13.9. The quantitative estimate of drug-likeness (QED) is 0.0272. The molecule has 406 valence electrons. The lowest BCUT2D eigenvalue weighted by Crippen LogP contribution is -2.45. The van der Waals surface area contributed by atoms with Crippen LogP contribution in [-0.2, 0) is 18.4 Å². The smallest absolute Gasteiger partial charge is 0.268 e. The van der Waals surface area contributed by atoms with E-state index < -0.39 is 26.6 Å². The third-order valence-electron chi connectivity index (χ3n) is 13.2. The van der Waals surface area contributed by atoms with E-state index in [1.165, 1.54) is 212 Å². The Morgan fingerprint density at radius 1 is 0.493 bits per heavy atom. The minimum absolute atomic E-state index is 0.00928. The third kappa shape index (κ3) is 54.1. The van der Waals surface area contributed by atoms with Gasteiger partial charge < -0.3 is 28.8 Å². The van der Waals surface area contributed by atoms with Crippen molar-refractivity contribution in [2.75, 3.05) is 40.9 Å². The first kappa shape index (κ1) is 67.5. The molecule has 0 radical (unpaired) electrons. The predicted octanol–water partition coefficient (Wildman–Crippen LogP) is 17.3. The highest BCUT2D eigenvalue weighted by Crippen LogP contribution is 2.38. The van der Waals surface area contributed by atoms with Gasteiger partial charge in [0.05, 0.1) is 39.9 Å². The maximum atomic E-state index is 13.0. The molecule has 1 amide bonds. The van der Waals surface area contributed by atoms with E-state index in [4.69, 9.17) is 9.05 Å². The standard InChI is InChI=1S/C60H115N2O6P/c1-6-8-10-12-14-16-18-20-22-24-26-28-30-32-33-35-37-39-41-43-45-47-49-51-53-59(63)58(57-68-69(65,66)67-56-55-62(3,4)5)61-60(64)54-52-50-48-46-44-42-40-38-36-34-31-29-27-25-23-21-19-17-15-13-11-9-7-2/h25,27,35,37,43,45,51,53,58-59,63H,6-24,26,28-34,36,38-42,44,46-50,52,54-57H2,1-5H3,(H-,61,64,65,66)/b27-25-,37-35+,45-43+,53-51+. The van der Waals surface area contributed by atoms with E-state index in [0.717, 1.165) is 44.9 Å². The van der Waals surface area contributed by atoms with Gasteiger partial charge >= 0.3 is 0 Å². The Bertz CT molecular complexity index is 1260. The average Bonchev–Trinajstić information content (AvgIpc) is 3.31. The van der Waals surface area contributed by atoms with Crippen LogP contribution in [0.2, 0.25) is 0 Å². The number of unbranched alkanes of at least 4 members (excludes halogenated alkanes) is 35. The van der Waals surface area contributed by atoms with Gasteiger partial charge in [-0.2, -0.15) is 0 Å². The molecular formula is C60H115N2O6P. The van der Waals surface area contributed by atoms with E-state index in [1.54, 1.807) is 6.08 Å². The second kappa shape index (κ2) is 51.4. The second-order valence-corrected chi connectivity index (χ2v) is 22.7. The number of phosphoric acid groups is 1. The molecule has 0 rings (SSSR count). The maximum Gasteiger partial charge on any atom is 0.268 e. The fourth-order valence-electron chi connectivity index (χ4n) is 8.59. The molecule has 0 aromatic heterocycles. The van der Waals surface area contributed by atoms with Crippen LogP contribution in [0.1, 0.15) is 277 Å². The number of aliphatic hydroxyl groups excluding tert-OH is 1. The van der Waals surface area contributed by atoms with E-state index in [2.05, 4.69) is 55.6 Å². The Hall–Kier alpha value is -1.54. The molecule has 9 heteroatoms. The molecule has 69 heavy (non-hydrogen) atoms. The summed E-state index contributed by atoms with van der Waals surface area (Å²) >= 11 is 0. The van der Waals surface area contributed by atoms with Crippen molar-refractivity contribution in [3.63, 3.8) is 0 Å². The van der Waals surface area contributed by atoms with Crippen LogP contribution < -0.4 is 10.2 Å². The number of nitrogens with one attached hydrogen (secondary N) is 1. The minimum atomic E-state index is -4.61. The van der Waals surface area contributed by atoms with E-state index in [0.29, 0.717) is 17.4 Å². The van der Waals surface area contributed by atoms with Gasteiger partial charge in [-0.1, -0.05) is 249 Å². The molecule has 0 aromatic rings. The van der Waals surface area contributed by atoms with Crippen LogP contribution in [0.4, 0.5) is 0 Å². The van der Waals surface area contributed by atoms with Crippen molar-refractivity contribution in [1.82, 2.24) is 5.32 Å². The van der Waals surface area contributed by atoms with Gasteiger partial charge in [0.25, 0.3) is 7.82 Å². The number of likely N-dealkylation sites (N-methyl/N-ethyl adjacent to an activating group) is 1. The van der Waals surface area contributed by atoms with Gasteiger partial charge in [-0.15, -0.1) is 0 Å². The fourth-order valence-corrected chi connectivity index (χ4v) is 9.32. The number of hydrogen-bond donors (Lipinski definition) is 2. The summed E-state index contributed by atoms with van der Waals surface area (Å²) in [5.74, 6) is -0.210. The number of carbonyl (C=O) groups excluding carboxylic acids is 1. The number of rotatable bonds is 54. The van der Waals surface area contributed by atoms with Crippen LogP contribution in [0.5, 0.6) is 0 Å². The molecule has 3 unspecified atom stereocenters. The molecule has 8 nitrogen and oxygen atoms in total. The summed E-state index contributed by atoms with van der Waals surface area (Å²) in [6.45, 7) is 4.65. The summed E-state index contributed by atoms with van der Waals surface area (Å²) in [5.41, 5.74) is 0. The van der Waals surface area contributed by atoms with Crippen LogP contribution >= 0.6 is 7.82 Å². The van der Waals surface area contributed by atoms with Crippen molar-refractivity contribution in [2.45, 2.75) is 289 Å². The molecule has 0 heterocycles. The normalized spacial score (nSPS) is 14.2. The lowest BCUT2D eigenvalue weighted by Gasteiger charge is -2.29. The Kier molecular flexibility index (Phi) is 50.2. The zero-order valence-corrected chi connectivity index (χ0v) is 47.2. The first-order valence-corrected chi connectivity index (χ1v) is 31.0. The summed E-state index contributed by atoms with van der Waals surface area (Å²) < 4.78 is 23.3. The van der Waals surface area contributed by atoms with Crippen molar-refractivity contribution in [1.29, 1.82) is 0 Å². The Labute approximate surface area is 429 Å². The van der Waals surface area contributed by atoms with Crippen LogP contribution in [0.15, 0.2) is 48.6 Å². The lowest BCUT2D eigenvalue weighted by molar-refractivity contribution is -0.870. The van der Waals surface area contributed by atoms with Crippen molar-refractivity contribution < 1.29 is 32.9 Å². The molecule has 0 aromatic carbocycles. The van der Waals surface area contributed by atoms with Gasteiger partial charge in [0, 0.05) is 6.42 Å². The maximum absolute atomic E-state index is 13.0. The molecular weight excluding hydrogens is 876 g/mol. The molecule has 3 atom stereocenters. The molecule has 0 aliphatic carbocycles. The minimum Gasteiger partial charge on any atom is -0.756 e. The molecule has 0 fully saturated rings. The first-order chi connectivity index (χ1) is 33.5. The van der Waals surface area contributed by atoms with Gasteiger partial charge in [-0.3, -0.25) is 9.36 Å². The van der Waals surface area contributed by atoms with E-state index in [9.17, 15) is 19.4 Å². The molecule has 0 bridgehead atoms. The fraction of sp³-hybridized carbons (Fsp3) is 0.850. The summed E-state index contributed by atoms with van der Waals surface area (Å²) in [4.78, 5) is 25.5. The molecule has 0 saturated carbocycles. The van der Waals surface area contributed by atoms with Crippen molar-refractivity contribution in [3.05, 3.63) is 48.6 Å². The number of allylic oxidation sites excluding steroid dienone is 7. The third-order valence-corrected chi connectivity index (χ3v) is 14.2. The van der Waals surface area contributed by atoms with Crippen molar-refractivity contribution >= 4 is 13.7 Å². The highest BCUT2D eigenvalue weighted by molar-refractivity contribution is 7.45. The summed E-state index contributed by atoms with van der Waals surface area (Å²) in [6, 6.07) is -0.911. The number of amides is 1. The van der Waals surface area contributed by atoms with Crippen LogP contribution in [-0.4, -0.2) is 68.5 Å². The van der Waals surface area contributed by atoms with E-state index in [1.807, 2.05) is 27.2 Å². The van der Waals surface area contributed by atoms with Crippen LogP contribution in [0, 0.1) is 0 Å². The SMILES string of the molecule is CCCCCCCCCC/C=C\CCCCCCCCCCCCCC(=O)NC(COP(=O)([O-])OCC[N+](C)(C)C)C(O)/C=C/CC/C=C/CC/C=C/CCCCCCCCCCCCCCCC. The van der Waals surface area contributed by atoms with E-state index in [-0.39, 0.29) is 12.5 Å². The molecule has 2 N–H and O–H groups in total. The summed E-state index contributed by atoms with van der Waals surface area (Å²) in [7, 11) is 1.24. The predicted molar refractivity (Wildman–Crippen MR) is 298 cm³/mol. The first-order valence-electron chi connectivity index (χ1n) is 29.5. The van der Waals surface area contributed by atoms with Gasteiger partial charge in [0.15, 0.2) is 0 Å². The largest absolute Gasteiger partial charge is 0.756 e. The zero-order chi connectivity index (χ0) is 50.6. The van der Waals surface area contributed by atoms with Crippen molar-refractivity contribution in [2.24, 2.45) is 0 Å². The van der Waals surface area contributed by atoms with Crippen LogP contribution in [0.25, 0.3) is 0 Å². The Morgan fingerprint density at radius 3 is 1.17 bits per heavy atom. The number of hydrogen-bond acceptors (Lipinski definition) is 6. The molecule has 0 aliphatic heterocycles. The number of carbonyl (C=O) groups is 1. The zero-order valence-electron chi connectivity index (χ0n) is 46.3. The van der Waals surface area contributed by atoms with Gasteiger partial charge in [0.1, 0.15) is 13.2 Å². The Balaban J connectivity index is 4.27. The highest BCUT2D eigenvalue weighted by atomic mass is 31.2. The highest BCUT2D eigenvalue weighted by Gasteiger charge is 2.23. The second-order valence-electron chi connectivity index (χ2n) is 21.3. The van der Waals surface area contributed by atoms with Gasteiger partial charge in [-0.25, -0.2) is 0 Å². The number of quaternary nitrogens is 1. The summed E-state index contributed by atoms with van der Waals surface area (Å²) in [6.07, 6.45) is 67.7. The number of aliphatic hydroxyl groups is 1. The average molecular weight is 992 g/mol. The monoisotopic (exact) mass is 991 g/mol. The lowest BCUT2D eigenvalue weighted by atomic mass is 10.0. The molecule has 0 saturated heterocycles. The number of nitrogens with zero attached hydrogens (tertiary/aromatic N) is 1. The molecule has 0 aliphatic rings. The van der Waals surface area contributed by atoms with Gasteiger partial charge in [0.2, 0.25) is 5.91 Å². The molecule has 0 spiro atoms. The van der Waals surface area contributed by atoms with Gasteiger partial charge in [-0.05, 0) is 70.6 Å². The van der Waals surface area contributed by atoms with Crippen molar-refractivity contribution in [3.8, 4) is 0 Å². The van der Waals surface area contributed by atoms with E-state index >= 15 is 0 Å². The topological polar surface area (TPSA) is 108 Å². The number of phosphoric ester groups is 1. The Morgan fingerprint density at radius 2 is 0.812 bits per heavy atom. The van der Waals surface area contributed by atoms with Crippen LogP contribution in [0.3, 0.4) is 0 Å².